The maximum Gasteiger partial charge on any atom is 0.325 e. The van der Waals surface area contributed by atoms with E-state index in [2.05, 4.69) is 5.32 Å². The number of ether oxygens (including phenoxy) is 2. The van der Waals surface area contributed by atoms with Crippen LogP contribution in [0, 0.1) is 11.8 Å². The normalized spacial score (nSPS) is 18.0. The van der Waals surface area contributed by atoms with E-state index in [-0.39, 0.29) is 6.54 Å². The zero-order valence-electron chi connectivity index (χ0n) is 19.0. The van der Waals surface area contributed by atoms with E-state index >= 15 is 0 Å². The highest BCUT2D eigenvalue weighted by Gasteiger charge is 2.43. The fourth-order valence-electron chi connectivity index (χ4n) is 3.65. The lowest BCUT2D eigenvalue weighted by Crippen LogP contribution is -2.52. The zero-order valence-corrected chi connectivity index (χ0v) is 19.8. The maximum absolute atomic E-state index is 13.0. The highest BCUT2D eigenvalue weighted by Crippen LogP contribution is 2.27. The molecular formula is C23H36N2O5S. The minimum atomic E-state index is -1.51. The summed E-state index contributed by atoms with van der Waals surface area (Å²) in [6.07, 6.45) is 5.46. The molecule has 1 saturated carbocycles. The fraction of sp³-hybridized carbons (Fsp3) is 0.652. The molecule has 1 amide bonds. The molecular weight excluding hydrogens is 416 g/mol. The van der Waals surface area contributed by atoms with E-state index in [1.54, 1.807) is 40.0 Å². The summed E-state index contributed by atoms with van der Waals surface area (Å²) in [4.78, 5) is 25.8. The smallest absolute Gasteiger partial charge is 0.325 e. The topological polar surface area (TPSA) is 114 Å². The average molecular weight is 453 g/mol. The molecule has 1 aliphatic carbocycles. The zero-order chi connectivity index (χ0) is 23.0. The summed E-state index contributed by atoms with van der Waals surface area (Å²) < 4.78 is 23.5. The van der Waals surface area contributed by atoms with Gasteiger partial charge in [0.1, 0.15) is 17.1 Å². The lowest BCUT2D eigenvalue weighted by atomic mass is 9.91. The van der Waals surface area contributed by atoms with Gasteiger partial charge < -0.3 is 19.3 Å². The minimum Gasteiger partial charge on any atom is -0.615 e. The Kier molecular flexibility index (Phi) is 9.65. The second-order valence-corrected chi connectivity index (χ2v) is 10.7. The molecule has 0 spiro atoms. The van der Waals surface area contributed by atoms with Crippen LogP contribution < -0.4 is 15.8 Å². The van der Waals surface area contributed by atoms with Crippen LogP contribution in [0.3, 0.4) is 0 Å². The van der Waals surface area contributed by atoms with Crippen molar-refractivity contribution in [3.8, 4) is 5.75 Å². The molecule has 0 aliphatic heterocycles. The van der Waals surface area contributed by atoms with Gasteiger partial charge in [-0.15, -0.1) is 0 Å². The Bertz CT molecular complexity index is 714. The number of rotatable bonds is 9. The molecule has 31 heavy (non-hydrogen) atoms. The number of nitrogens with one attached hydrogen (secondary N) is 1. The summed E-state index contributed by atoms with van der Waals surface area (Å²) in [6.45, 7) is 5.38. The first-order valence-corrected chi connectivity index (χ1v) is 12.2. The maximum atomic E-state index is 13.0. The summed E-state index contributed by atoms with van der Waals surface area (Å²) in [5, 5.41) is 1.63. The van der Waals surface area contributed by atoms with Crippen LogP contribution in [-0.2, 0) is 32.0 Å². The molecule has 3 atom stereocenters. The van der Waals surface area contributed by atoms with E-state index in [1.807, 2.05) is 12.1 Å². The summed E-state index contributed by atoms with van der Waals surface area (Å²) in [7, 11) is 1.58. The number of hydrogen-bond donors (Lipinski definition) is 2. The highest BCUT2D eigenvalue weighted by molar-refractivity contribution is 7.92. The first-order valence-electron chi connectivity index (χ1n) is 10.9. The number of amides is 1. The Morgan fingerprint density at radius 3 is 2.35 bits per heavy atom. The van der Waals surface area contributed by atoms with Gasteiger partial charge in [-0.05, 0) is 62.5 Å². The van der Waals surface area contributed by atoms with Crippen LogP contribution in [-0.4, -0.2) is 40.3 Å². The Labute approximate surface area is 188 Å². The van der Waals surface area contributed by atoms with E-state index in [1.165, 1.54) is 6.42 Å². The second kappa shape index (κ2) is 11.7. The van der Waals surface area contributed by atoms with Crippen molar-refractivity contribution in [1.29, 1.82) is 0 Å². The van der Waals surface area contributed by atoms with Gasteiger partial charge in [0.15, 0.2) is 11.3 Å². The van der Waals surface area contributed by atoms with Gasteiger partial charge in [-0.3, -0.25) is 15.3 Å². The van der Waals surface area contributed by atoms with E-state index in [9.17, 15) is 14.1 Å². The molecule has 0 saturated heterocycles. The highest BCUT2D eigenvalue weighted by atomic mass is 32.2. The third-order valence-corrected chi connectivity index (χ3v) is 7.01. The molecule has 0 radical (unpaired) electrons. The number of carbonyl (C=O) groups excluding carboxylic acids is 2. The monoisotopic (exact) mass is 452 g/mol. The third-order valence-electron chi connectivity index (χ3n) is 5.33. The second-order valence-electron chi connectivity index (χ2n) is 9.09. The van der Waals surface area contributed by atoms with Crippen molar-refractivity contribution >= 4 is 23.1 Å². The molecule has 1 aromatic carbocycles. The van der Waals surface area contributed by atoms with E-state index in [0.717, 1.165) is 31.2 Å². The Morgan fingerprint density at radius 2 is 1.81 bits per heavy atom. The standard InChI is InChI=1S/C23H36N2O5S/c1-23(2,3)30-22(27)19(20(24)31(28)15-17-8-6-5-7-9-17)21(26)25-14-16-10-12-18(29-4)13-11-16/h10-13,17,19-20H,5-9,14-15,24H2,1-4H3,(H,25,26)/t19-,20?,31?/m1/s1. The van der Waals surface area contributed by atoms with Crippen molar-refractivity contribution in [3.05, 3.63) is 29.8 Å². The molecule has 0 heterocycles. The fourth-order valence-corrected chi connectivity index (χ4v) is 5.21. The minimum absolute atomic E-state index is 0.212. The van der Waals surface area contributed by atoms with Gasteiger partial charge in [-0.25, -0.2) is 0 Å². The molecule has 174 valence electrons. The van der Waals surface area contributed by atoms with Gasteiger partial charge in [-0.2, -0.15) is 0 Å². The number of carbonyl (C=O) groups is 2. The molecule has 1 aliphatic rings. The number of benzene rings is 1. The van der Waals surface area contributed by atoms with E-state index < -0.39 is 39.9 Å². The molecule has 2 unspecified atom stereocenters. The van der Waals surface area contributed by atoms with Crippen LogP contribution in [0.4, 0.5) is 0 Å². The number of esters is 1. The molecule has 0 aromatic heterocycles. The summed E-state index contributed by atoms with van der Waals surface area (Å²) in [6, 6.07) is 7.22. The van der Waals surface area contributed by atoms with Gasteiger partial charge in [0.2, 0.25) is 5.91 Å². The summed E-state index contributed by atoms with van der Waals surface area (Å²) >= 11 is -1.51. The largest absolute Gasteiger partial charge is 0.615 e. The Balaban J connectivity index is 2.07. The molecule has 1 fully saturated rings. The summed E-state index contributed by atoms with van der Waals surface area (Å²) in [5.74, 6) is -1.21. The molecule has 2 rings (SSSR count). The van der Waals surface area contributed by atoms with Crippen LogP contribution in [0.1, 0.15) is 58.4 Å². The van der Waals surface area contributed by atoms with Crippen molar-refractivity contribution in [3.63, 3.8) is 0 Å². The van der Waals surface area contributed by atoms with Crippen LogP contribution >= 0.6 is 0 Å². The van der Waals surface area contributed by atoms with Crippen molar-refractivity contribution in [1.82, 2.24) is 5.32 Å². The lowest BCUT2D eigenvalue weighted by Gasteiger charge is -2.30. The lowest BCUT2D eigenvalue weighted by molar-refractivity contribution is -0.162. The molecule has 1 aromatic rings. The average Bonchev–Trinajstić information content (AvgIpc) is 2.72. The molecule has 0 bridgehead atoms. The molecule has 3 N–H and O–H groups in total. The molecule has 8 heteroatoms. The van der Waals surface area contributed by atoms with Crippen molar-refractivity contribution in [2.45, 2.75) is 70.4 Å². The van der Waals surface area contributed by atoms with Crippen LogP contribution in [0.15, 0.2) is 24.3 Å². The van der Waals surface area contributed by atoms with E-state index in [0.29, 0.717) is 17.4 Å². The molecule has 7 nitrogen and oxygen atoms in total. The first-order chi connectivity index (χ1) is 14.6. The number of hydrogen-bond acceptors (Lipinski definition) is 6. The van der Waals surface area contributed by atoms with Crippen LogP contribution in [0.5, 0.6) is 5.75 Å². The number of nitrogens with two attached hydrogens (primary N) is 1. The SMILES string of the molecule is COc1ccc(CNC(=O)[C@H](C(=O)OC(C)(C)C)C(N)[S+]([O-])CC2CCCCC2)cc1. The van der Waals surface area contributed by atoms with Gasteiger partial charge in [0, 0.05) is 12.5 Å². The van der Waals surface area contributed by atoms with Crippen LogP contribution in [0.2, 0.25) is 0 Å². The van der Waals surface area contributed by atoms with Gasteiger partial charge >= 0.3 is 5.97 Å². The number of methoxy groups -OCH3 is 1. The predicted molar refractivity (Wildman–Crippen MR) is 122 cm³/mol. The quantitative estimate of drug-likeness (QED) is 0.338. The Morgan fingerprint density at radius 1 is 1.19 bits per heavy atom. The van der Waals surface area contributed by atoms with Gasteiger partial charge in [-0.1, -0.05) is 31.4 Å². The predicted octanol–water partition coefficient (Wildman–Crippen LogP) is 2.88. The van der Waals surface area contributed by atoms with E-state index in [4.69, 9.17) is 15.2 Å². The van der Waals surface area contributed by atoms with Crippen LogP contribution in [0.25, 0.3) is 0 Å². The van der Waals surface area contributed by atoms with Gasteiger partial charge in [0.05, 0.1) is 7.11 Å². The van der Waals surface area contributed by atoms with Crippen molar-refractivity contribution < 1.29 is 23.6 Å². The van der Waals surface area contributed by atoms with Crippen molar-refractivity contribution in [2.24, 2.45) is 17.6 Å². The third kappa shape index (κ3) is 8.35. The van der Waals surface area contributed by atoms with Gasteiger partial charge in [0.25, 0.3) is 0 Å². The van der Waals surface area contributed by atoms with Crippen molar-refractivity contribution in [2.75, 3.05) is 12.9 Å². The Hall–Kier alpha value is -1.77. The summed E-state index contributed by atoms with van der Waals surface area (Å²) in [5.41, 5.74) is 6.29. The first kappa shape index (κ1) is 25.5.